The van der Waals surface area contributed by atoms with Crippen molar-refractivity contribution in [1.29, 1.82) is 0 Å². The van der Waals surface area contributed by atoms with Crippen LogP contribution in [0.5, 0.6) is 0 Å². The highest BCUT2D eigenvalue weighted by atomic mass is 32.2. The number of rotatable bonds is 8. The van der Waals surface area contributed by atoms with Crippen molar-refractivity contribution in [2.45, 2.75) is 44.1 Å². The van der Waals surface area contributed by atoms with Gasteiger partial charge in [-0.15, -0.1) is 11.8 Å². The smallest absolute Gasteiger partial charge is 0.0616 e. The molecule has 3 heteroatoms. The summed E-state index contributed by atoms with van der Waals surface area (Å²) in [6.45, 7) is 7.59. The quantitative estimate of drug-likeness (QED) is 0.579. The summed E-state index contributed by atoms with van der Waals surface area (Å²) >= 11 is 1.96. The van der Waals surface area contributed by atoms with Crippen LogP contribution < -0.4 is 5.32 Å². The summed E-state index contributed by atoms with van der Waals surface area (Å²) in [6.07, 6.45) is 4.00. The zero-order valence-corrected chi connectivity index (χ0v) is 13.5. The highest BCUT2D eigenvalue weighted by molar-refractivity contribution is 7.99. The van der Waals surface area contributed by atoms with E-state index in [9.17, 15) is 0 Å². The van der Waals surface area contributed by atoms with Crippen molar-refractivity contribution < 1.29 is 4.74 Å². The van der Waals surface area contributed by atoms with Gasteiger partial charge in [0.05, 0.1) is 6.10 Å². The lowest BCUT2D eigenvalue weighted by Crippen LogP contribution is -2.40. The fraction of sp³-hybridized carbons (Fsp3) is 0.647. The minimum absolute atomic E-state index is 0.330. The second-order valence-corrected chi connectivity index (χ2v) is 6.88. The summed E-state index contributed by atoms with van der Waals surface area (Å²) in [5.41, 5.74) is 0.330. The van der Waals surface area contributed by atoms with Crippen LogP contribution in [0.2, 0.25) is 0 Å². The fourth-order valence-electron chi connectivity index (χ4n) is 2.87. The van der Waals surface area contributed by atoms with Gasteiger partial charge in [0.2, 0.25) is 0 Å². The molecule has 1 fully saturated rings. The molecular formula is C17H27NOS. The van der Waals surface area contributed by atoms with E-state index in [4.69, 9.17) is 4.74 Å². The van der Waals surface area contributed by atoms with Crippen molar-refractivity contribution in [3.05, 3.63) is 30.3 Å². The molecule has 112 valence electrons. The Hall–Kier alpha value is -0.510. The van der Waals surface area contributed by atoms with Gasteiger partial charge in [-0.25, -0.2) is 0 Å². The maximum absolute atomic E-state index is 5.85. The number of nitrogens with one attached hydrogen (secondary N) is 1. The van der Waals surface area contributed by atoms with Crippen LogP contribution in [0.4, 0.5) is 0 Å². The fourth-order valence-corrected chi connectivity index (χ4v) is 3.96. The zero-order valence-electron chi connectivity index (χ0n) is 12.7. The number of hydrogen-bond donors (Lipinski definition) is 1. The third-order valence-electron chi connectivity index (χ3n) is 4.35. The number of benzene rings is 1. The van der Waals surface area contributed by atoms with Gasteiger partial charge in [-0.2, -0.15) is 0 Å². The van der Waals surface area contributed by atoms with Gasteiger partial charge in [-0.3, -0.25) is 0 Å². The van der Waals surface area contributed by atoms with Crippen molar-refractivity contribution >= 4 is 11.8 Å². The van der Waals surface area contributed by atoms with E-state index in [1.807, 2.05) is 11.8 Å². The molecule has 2 atom stereocenters. The van der Waals surface area contributed by atoms with Crippen LogP contribution in [0.15, 0.2) is 35.2 Å². The van der Waals surface area contributed by atoms with E-state index >= 15 is 0 Å². The van der Waals surface area contributed by atoms with Gasteiger partial charge < -0.3 is 10.1 Å². The van der Waals surface area contributed by atoms with Crippen LogP contribution in [0.1, 0.15) is 33.1 Å². The summed E-state index contributed by atoms with van der Waals surface area (Å²) in [5.74, 6) is 1.17. The summed E-state index contributed by atoms with van der Waals surface area (Å²) < 4.78 is 5.85. The molecule has 1 aromatic carbocycles. The molecule has 0 radical (unpaired) electrons. The van der Waals surface area contributed by atoms with Crippen LogP contribution >= 0.6 is 11.8 Å². The van der Waals surface area contributed by atoms with Gasteiger partial charge in [-0.05, 0) is 50.6 Å². The predicted octanol–water partition coefficient (Wildman–Crippen LogP) is 3.96. The first-order chi connectivity index (χ1) is 9.77. The Morgan fingerprint density at radius 1 is 1.35 bits per heavy atom. The molecule has 2 nitrogen and oxygen atoms in total. The van der Waals surface area contributed by atoms with E-state index in [2.05, 4.69) is 49.5 Å². The van der Waals surface area contributed by atoms with E-state index in [1.165, 1.54) is 29.9 Å². The van der Waals surface area contributed by atoms with Crippen molar-refractivity contribution in [1.82, 2.24) is 5.32 Å². The molecule has 0 aliphatic carbocycles. The Morgan fingerprint density at radius 2 is 2.15 bits per heavy atom. The minimum Gasteiger partial charge on any atom is -0.378 e. The first kappa shape index (κ1) is 15.9. The van der Waals surface area contributed by atoms with Crippen molar-refractivity contribution in [2.24, 2.45) is 5.41 Å². The second kappa shape index (κ2) is 8.06. The molecule has 1 N–H and O–H groups in total. The molecule has 0 saturated carbocycles. The van der Waals surface area contributed by atoms with Crippen LogP contribution in [0.25, 0.3) is 0 Å². The lowest BCUT2D eigenvalue weighted by molar-refractivity contribution is 0.0617. The van der Waals surface area contributed by atoms with E-state index in [0.29, 0.717) is 11.5 Å². The molecule has 0 amide bonds. The predicted molar refractivity (Wildman–Crippen MR) is 87.4 cm³/mol. The third kappa shape index (κ3) is 4.24. The first-order valence-corrected chi connectivity index (χ1v) is 8.75. The molecule has 1 aliphatic rings. The molecule has 0 aromatic heterocycles. The molecule has 2 unspecified atom stereocenters. The number of ether oxygens (including phenoxy) is 1. The van der Waals surface area contributed by atoms with E-state index in [1.54, 1.807) is 0 Å². The van der Waals surface area contributed by atoms with Gasteiger partial charge in [0.25, 0.3) is 0 Å². The lowest BCUT2D eigenvalue weighted by Gasteiger charge is -2.32. The van der Waals surface area contributed by atoms with Crippen LogP contribution in [-0.4, -0.2) is 31.6 Å². The molecule has 20 heavy (non-hydrogen) atoms. The van der Waals surface area contributed by atoms with E-state index in [0.717, 1.165) is 19.7 Å². The monoisotopic (exact) mass is 293 g/mol. The second-order valence-electron chi connectivity index (χ2n) is 5.71. The molecule has 0 spiro atoms. The number of hydrogen-bond acceptors (Lipinski definition) is 3. The third-order valence-corrected chi connectivity index (χ3v) is 5.36. The van der Waals surface area contributed by atoms with E-state index < -0.39 is 0 Å². The van der Waals surface area contributed by atoms with Gasteiger partial charge in [0.15, 0.2) is 0 Å². The normalized spacial score (nSPS) is 26.0. The van der Waals surface area contributed by atoms with Crippen molar-refractivity contribution in [2.75, 3.05) is 25.4 Å². The maximum atomic E-state index is 5.85. The van der Waals surface area contributed by atoms with Gasteiger partial charge in [0, 0.05) is 23.5 Å². The summed E-state index contributed by atoms with van der Waals surface area (Å²) in [6, 6.07) is 10.7. The average molecular weight is 293 g/mol. The van der Waals surface area contributed by atoms with Gasteiger partial charge in [-0.1, -0.05) is 25.1 Å². The first-order valence-electron chi connectivity index (χ1n) is 7.77. The molecule has 2 rings (SSSR count). The van der Waals surface area contributed by atoms with Crippen LogP contribution in [-0.2, 0) is 4.74 Å². The Balaban J connectivity index is 1.84. The van der Waals surface area contributed by atoms with Crippen LogP contribution in [0, 0.1) is 5.41 Å². The maximum Gasteiger partial charge on any atom is 0.0616 e. The molecule has 1 aromatic rings. The van der Waals surface area contributed by atoms with Crippen molar-refractivity contribution in [3.63, 3.8) is 0 Å². The summed E-state index contributed by atoms with van der Waals surface area (Å²) in [5, 5.41) is 3.61. The highest BCUT2D eigenvalue weighted by Gasteiger charge is 2.40. The molecule has 1 aliphatic heterocycles. The van der Waals surface area contributed by atoms with Gasteiger partial charge >= 0.3 is 0 Å². The Morgan fingerprint density at radius 3 is 2.80 bits per heavy atom. The standard InChI is InChI=1S/C17H27NOS/c1-3-11-18-14-17(9-12-19-15(17)2)10-13-20-16-7-5-4-6-8-16/h4-8,15,18H,3,9-14H2,1-2H3. The lowest BCUT2D eigenvalue weighted by atomic mass is 9.79. The SMILES string of the molecule is CCCNCC1(CCSc2ccccc2)CCOC1C. The van der Waals surface area contributed by atoms with Crippen molar-refractivity contribution in [3.8, 4) is 0 Å². The highest BCUT2D eigenvalue weighted by Crippen LogP contribution is 2.39. The van der Waals surface area contributed by atoms with E-state index in [-0.39, 0.29) is 0 Å². The largest absolute Gasteiger partial charge is 0.378 e. The average Bonchev–Trinajstić information content (AvgIpc) is 2.82. The summed E-state index contributed by atoms with van der Waals surface area (Å²) in [4.78, 5) is 1.37. The molecule has 1 heterocycles. The van der Waals surface area contributed by atoms with Crippen LogP contribution in [0.3, 0.4) is 0 Å². The molecule has 1 saturated heterocycles. The Kier molecular flexibility index (Phi) is 6.40. The van der Waals surface area contributed by atoms with Gasteiger partial charge in [0.1, 0.15) is 0 Å². The number of thioether (sulfide) groups is 1. The Bertz CT molecular complexity index is 384. The zero-order chi connectivity index (χ0) is 14.3. The molecule has 0 bridgehead atoms. The topological polar surface area (TPSA) is 21.3 Å². The Labute approximate surface area is 127 Å². The molecular weight excluding hydrogens is 266 g/mol. The minimum atomic E-state index is 0.330. The summed E-state index contributed by atoms with van der Waals surface area (Å²) in [7, 11) is 0.